The minimum atomic E-state index is -3.51. The zero-order chi connectivity index (χ0) is 23.3. The van der Waals surface area contributed by atoms with E-state index in [4.69, 9.17) is 5.26 Å². The van der Waals surface area contributed by atoms with Gasteiger partial charge in [0, 0.05) is 31.1 Å². The van der Waals surface area contributed by atoms with Crippen LogP contribution in [-0.2, 0) is 14.8 Å². The molecule has 1 aliphatic rings. The second-order valence-electron chi connectivity index (χ2n) is 8.51. The van der Waals surface area contributed by atoms with Gasteiger partial charge in [0.15, 0.2) is 0 Å². The standard InChI is InChI=1S/C23H30N4O3S2/c1-17(2)15-20(23(28)25-10-9-24)18-5-4-6-19(16-18)21-7-8-22(31-21)32(29,30)27-13-11-26(3)12-14-27/h4-8,16-17,20H,10-15H2,1-3H3,(H,25,28). The number of rotatable bonds is 8. The lowest BCUT2D eigenvalue weighted by Crippen LogP contribution is -2.46. The van der Waals surface area contributed by atoms with E-state index in [-0.39, 0.29) is 18.4 Å². The second-order valence-corrected chi connectivity index (χ2v) is 11.8. The third kappa shape index (κ3) is 5.75. The van der Waals surface area contributed by atoms with Gasteiger partial charge in [-0.3, -0.25) is 4.79 Å². The van der Waals surface area contributed by atoms with Gasteiger partial charge in [-0.05, 0) is 48.7 Å². The number of piperazine rings is 1. The van der Waals surface area contributed by atoms with Crippen molar-refractivity contribution in [3.8, 4) is 16.5 Å². The van der Waals surface area contributed by atoms with Crippen molar-refractivity contribution in [1.29, 1.82) is 5.26 Å². The number of hydrogen-bond acceptors (Lipinski definition) is 6. The first-order valence-corrected chi connectivity index (χ1v) is 13.0. The number of carbonyl (C=O) groups is 1. The molecule has 1 unspecified atom stereocenters. The topological polar surface area (TPSA) is 93.5 Å². The Labute approximate surface area is 194 Å². The van der Waals surface area contributed by atoms with E-state index in [0.29, 0.717) is 29.6 Å². The fraction of sp³-hybridized carbons (Fsp3) is 0.478. The lowest BCUT2D eigenvalue weighted by atomic mass is 9.88. The van der Waals surface area contributed by atoms with Crippen LogP contribution in [0.2, 0.25) is 0 Å². The van der Waals surface area contributed by atoms with Crippen molar-refractivity contribution >= 4 is 27.3 Å². The Bertz CT molecular complexity index is 1080. The first kappa shape index (κ1) is 24.4. The summed E-state index contributed by atoms with van der Waals surface area (Å²) in [4.78, 5) is 15.6. The predicted molar refractivity (Wildman–Crippen MR) is 127 cm³/mol. The summed E-state index contributed by atoms with van der Waals surface area (Å²) in [6.45, 7) is 6.54. The van der Waals surface area contributed by atoms with Gasteiger partial charge < -0.3 is 10.2 Å². The van der Waals surface area contributed by atoms with E-state index in [1.807, 2.05) is 43.4 Å². The molecule has 2 aromatic rings. The number of nitriles is 1. The summed E-state index contributed by atoms with van der Waals surface area (Å²) in [6, 6.07) is 13.1. The van der Waals surface area contributed by atoms with Crippen LogP contribution in [0.15, 0.2) is 40.6 Å². The molecule has 0 radical (unpaired) electrons. The van der Waals surface area contributed by atoms with E-state index in [1.54, 1.807) is 10.4 Å². The number of nitrogens with one attached hydrogen (secondary N) is 1. The van der Waals surface area contributed by atoms with Crippen LogP contribution in [0.25, 0.3) is 10.4 Å². The normalized spacial score (nSPS) is 16.6. The summed E-state index contributed by atoms with van der Waals surface area (Å²) in [5, 5.41) is 11.5. The minimum Gasteiger partial charge on any atom is -0.342 e. The molecule has 1 aliphatic heterocycles. The van der Waals surface area contributed by atoms with Crippen LogP contribution in [0.5, 0.6) is 0 Å². The molecule has 1 N–H and O–H groups in total. The third-order valence-electron chi connectivity index (χ3n) is 5.58. The molecular formula is C23H30N4O3S2. The molecule has 1 aromatic heterocycles. The molecule has 1 fully saturated rings. The minimum absolute atomic E-state index is 0.0223. The van der Waals surface area contributed by atoms with Crippen molar-refractivity contribution in [2.24, 2.45) is 5.92 Å². The second kappa shape index (κ2) is 10.6. The molecule has 1 aromatic carbocycles. The number of nitrogens with zero attached hydrogens (tertiary/aromatic N) is 3. The van der Waals surface area contributed by atoms with E-state index in [2.05, 4.69) is 24.1 Å². The summed E-state index contributed by atoms with van der Waals surface area (Å²) >= 11 is 1.26. The van der Waals surface area contributed by atoms with Gasteiger partial charge in [0.25, 0.3) is 10.0 Å². The average molecular weight is 475 g/mol. The van der Waals surface area contributed by atoms with Crippen LogP contribution in [0, 0.1) is 17.2 Å². The van der Waals surface area contributed by atoms with E-state index in [1.165, 1.54) is 11.3 Å². The predicted octanol–water partition coefficient (Wildman–Crippen LogP) is 3.12. The highest BCUT2D eigenvalue weighted by Gasteiger charge is 2.29. The number of likely N-dealkylation sites (N-methyl/N-ethyl adjacent to an activating group) is 1. The lowest BCUT2D eigenvalue weighted by molar-refractivity contribution is -0.122. The number of thiophene rings is 1. The van der Waals surface area contributed by atoms with Gasteiger partial charge in [0.05, 0.1) is 12.0 Å². The summed E-state index contributed by atoms with van der Waals surface area (Å²) in [5.41, 5.74) is 1.75. The highest BCUT2D eigenvalue weighted by molar-refractivity contribution is 7.91. The van der Waals surface area contributed by atoms with Crippen LogP contribution in [-0.4, -0.2) is 63.3 Å². The molecule has 7 nitrogen and oxygen atoms in total. The molecule has 32 heavy (non-hydrogen) atoms. The van der Waals surface area contributed by atoms with Crippen LogP contribution < -0.4 is 5.32 Å². The molecule has 1 saturated heterocycles. The van der Waals surface area contributed by atoms with Crippen molar-refractivity contribution in [1.82, 2.24) is 14.5 Å². The monoisotopic (exact) mass is 474 g/mol. The van der Waals surface area contributed by atoms with Gasteiger partial charge in [-0.2, -0.15) is 9.57 Å². The van der Waals surface area contributed by atoms with E-state index < -0.39 is 10.0 Å². The van der Waals surface area contributed by atoms with Crippen LogP contribution in [0.1, 0.15) is 31.7 Å². The highest BCUT2D eigenvalue weighted by atomic mass is 32.2. The van der Waals surface area contributed by atoms with Gasteiger partial charge in [0.2, 0.25) is 5.91 Å². The number of sulfonamides is 1. The fourth-order valence-corrected chi connectivity index (χ4v) is 6.67. The first-order valence-electron chi connectivity index (χ1n) is 10.8. The zero-order valence-electron chi connectivity index (χ0n) is 18.7. The van der Waals surface area contributed by atoms with E-state index >= 15 is 0 Å². The fourth-order valence-electron chi connectivity index (χ4n) is 3.79. The molecule has 0 saturated carbocycles. The maximum atomic E-state index is 13.1. The van der Waals surface area contributed by atoms with Crippen molar-refractivity contribution in [2.45, 2.75) is 30.4 Å². The number of hydrogen-bond donors (Lipinski definition) is 1. The Balaban J connectivity index is 1.85. The number of carbonyl (C=O) groups excluding carboxylic acids is 1. The molecule has 0 bridgehead atoms. The molecule has 1 atom stereocenters. The Kier molecular flexibility index (Phi) is 8.06. The molecule has 1 amide bonds. The van der Waals surface area contributed by atoms with Crippen molar-refractivity contribution < 1.29 is 13.2 Å². The summed E-state index contributed by atoms with van der Waals surface area (Å²) < 4.78 is 28.0. The average Bonchev–Trinajstić information content (AvgIpc) is 3.27. The summed E-state index contributed by atoms with van der Waals surface area (Å²) in [6.07, 6.45) is 0.661. The van der Waals surface area contributed by atoms with Gasteiger partial charge in [-0.25, -0.2) is 8.42 Å². The van der Waals surface area contributed by atoms with Crippen molar-refractivity contribution in [2.75, 3.05) is 39.8 Å². The quantitative estimate of drug-likeness (QED) is 0.594. The van der Waals surface area contributed by atoms with Gasteiger partial charge in [-0.1, -0.05) is 32.0 Å². The zero-order valence-corrected chi connectivity index (χ0v) is 20.4. The molecule has 172 valence electrons. The Morgan fingerprint density at radius 1 is 1.19 bits per heavy atom. The largest absolute Gasteiger partial charge is 0.342 e. The van der Waals surface area contributed by atoms with Gasteiger partial charge in [-0.15, -0.1) is 11.3 Å². The molecule has 2 heterocycles. The molecule has 0 spiro atoms. The Morgan fingerprint density at radius 2 is 1.91 bits per heavy atom. The first-order chi connectivity index (χ1) is 15.2. The molecule has 3 rings (SSSR count). The Morgan fingerprint density at radius 3 is 2.56 bits per heavy atom. The highest BCUT2D eigenvalue weighted by Crippen LogP contribution is 2.35. The number of amides is 1. The van der Waals surface area contributed by atoms with Gasteiger partial charge >= 0.3 is 0 Å². The summed E-state index contributed by atoms with van der Waals surface area (Å²) in [5.74, 6) is -0.225. The maximum absolute atomic E-state index is 13.1. The third-order valence-corrected chi connectivity index (χ3v) is 9.08. The lowest BCUT2D eigenvalue weighted by Gasteiger charge is -2.31. The van der Waals surface area contributed by atoms with Crippen molar-refractivity contribution in [3.05, 3.63) is 42.0 Å². The smallest absolute Gasteiger partial charge is 0.252 e. The molecule has 0 aliphatic carbocycles. The van der Waals surface area contributed by atoms with E-state index in [0.717, 1.165) is 29.1 Å². The molecule has 9 heteroatoms. The number of benzene rings is 1. The van der Waals surface area contributed by atoms with Crippen LogP contribution in [0.4, 0.5) is 0 Å². The maximum Gasteiger partial charge on any atom is 0.252 e. The molecular weight excluding hydrogens is 444 g/mol. The van der Waals surface area contributed by atoms with Crippen LogP contribution >= 0.6 is 11.3 Å². The SMILES string of the molecule is CC(C)CC(C(=O)NCC#N)c1cccc(-c2ccc(S(=O)(=O)N3CCN(C)CC3)s2)c1. The van der Waals surface area contributed by atoms with Crippen molar-refractivity contribution in [3.63, 3.8) is 0 Å². The van der Waals surface area contributed by atoms with Gasteiger partial charge in [0.1, 0.15) is 10.8 Å². The Hall–Kier alpha value is -2.25. The summed E-state index contributed by atoms with van der Waals surface area (Å²) in [7, 11) is -1.51. The van der Waals surface area contributed by atoms with E-state index in [9.17, 15) is 13.2 Å². The van der Waals surface area contributed by atoms with Crippen LogP contribution in [0.3, 0.4) is 0 Å².